The maximum Gasteiger partial charge on any atom is 0.0436 e. The second-order valence-corrected chi connectivity index (χ2v) is 8.46. The van der Waals surface area contributed by atoms with Crippen LogP contribution in [0.4, 0.5) is 0 Å². The molecule has 0 atom stereocenters. The van der Waals surface area contributed by atoms with E-state index in [1.165, 1.54) is 57.8 Å². The van der Waals surface area contributed by atoms with Crippen LogP contribution in [0.5, 0.6) is 0 Å². The number of hydrogen-bond acceptors (Lipinski definition) is 0. The largest absolute Gasteiger partial charge is 0.122 e. The molecule has 0 saturated heterocycles. The SMILES string of the molecule is CC(C)(C)C1CCC(/C=C(/CCl)C2CCCCC2)CC1. The molecule has 2 fully saturated rings. The van der Waals surface area contributed by atoms with Crippen molar-refractivity contribution in [1.82, 2.24) is 0 Å². The molecule has 0 spiro atoms. The van der Waals surface area contributed by atoms with Crippen LogP contribution in [-0.4, -0.2) is 5.88 Å². The summed E-state index contributed by atoms with van der Waals surface area (Å²) in [5.41, 5.74) is 2.07. The van der Waals surface area contributed by atoms with E-state index in [-0.39, 0.29) is 0 Å². The third kappa shape index (κ3) is 4.52. The van der Waals surface area contributed by atoms with Gasteiger partial charge in [0.05, 0.1) is 0 Å². The molecule has 0 aromatic heterocycles. The number of halogens is 1. The minimum atomic E-state index is 0.493. The summed E-state index contributed by atoms with van der Waals surface area (Å²) >= 11 is 6.25. The lowest BCUT2D eigenvalue weighted by Gasteiger charge is -2.36. The Morgan fingerprint density at radius 3 is 2.05 bits per heavy atom. The van der Waals surface area contributed by atoms with Crippen molar-refractivity contribution in [3.8, 4) is 0 Å². The van der Waals surface area contributed by atoms with Gasteiger partial charge in [0, 0.05) is 5.88 Å². The first-order chi connectivity index (χ1) is 9.50. The van der Waals surface area contributed by atoms with Gasteiger partial charge >= 0.3 is 0 Å². The maximum absolute atomic E-state index is 6.25. The molecule has 20 heavy (non-hydrogen) atoms. The normalized spacial score (nSPS) is 30.5. The zero-order valence-electron chi connectivity index (χ0n) is 13.8. The van der Waals surface area contributed by atoms with E-state index in [0.717, 1.165) is 23.6 Å². The van der Waals surface area contributed by atoms with E-state index in [9.17, 15) is 0 Å². The Balaban J connectivity index is 1.90. The average molecular weight is 297 g/mol. The lowest BCUT2D eigenvalue weighted by Crippen LogP contribution is -2.25. The Morgan fingerprint density at radius 1 is 0.950 bits per heavy atom. The molecule has 2 aliphatic carbocycles. The van der Waals surface area contributed by atoms with E-state index in [2.05, 4.69) is 26.8 Å². The minimum absolute atomic E-state index is 0.493. The quantitative estimate of drug-likeness (QED) is 0.407. The second-order valence-electron chi connectivity index (χ2n) is 8.19. The molecule has 2 aliphatic rings. The number of rotatable bonds is 3. The van der Waals surface area contributed by atoms with Crippen molar-refractivity contribution < 1.29 is 0 Å². The summed E-state index contributed by atoms with van der Waals surface area (Å²) < 4.78 is 0. The molecule has 0 bridgehead atoms. The summed E-state index contributed by atoms with van der Waals surface area (Å²) in [7, 11) is 0. The molecule has 2 saturated carbocycles. The van der Waals surface area contributed by atoms with Gasteiger partial charge in [-0.3, -0.25) is 0 Å². The molecule has 0 aliphatic heterocycles. The van der Waals surface area contributed by atoms with Gasteiger partial charge < -0.3 is 0 Å². The van der Waals surface area contributed by atoms with Crippen molar-refractivity contribution in [2.24, 2.45) is 23.2 Å². The fraction of sp³-hybridized carbons (Fsp3) is 0.895. The first-order valence-electron chi connectivity index (χ1n) is 8.77. The van der Waals surface area contributed by atoms with Crippen LogP contribution in [0.15, 0.2) is 11.6 Å². The first kappa shape index (κ1) is 16.4. The number of alkyl halides is 1. The van der Waals surface area contributed by atoms with E-state index < -0.39 is 0 Å². The molecular formula is C19H33Cl. The molecule has 2 rings (SSSR count). The van der Waals surface area contributed by atoms with Crippen LogP contribution >= 0.6 is 11.6 Å². The molecule has 116 valence electrons. The zero-order chi connectivity index (χ0) is 14.6. The average Bonchev–Trinajstić information content (AvgIpc) is 2.45. The van der Waals surface area contributed by atoms with Crippen molar-refractivity contribution in [2.45, 2.75) is 78.6 Å². The second kappa shape index (κ2) is 7.34. The summed E-state index contributed by atoms with van der Waals surface area (Å²) in [6.45, 7) is 7.21. The highest BCUT2D eigenvalue weighted by atomic mass is 35.5. The highest BCUT2D eigenvalue weighted by Crippen LogP contribution is 2.41. The van der Waals surface area contributed by atoms with E-state index in [4.69, 9.17) is 11.6 Å². The monoisotopic (exact) mass is 296 g/mol. The summed E-state index contributed by atoms with van der Waals surface area (Å²) in [6, 6.07) is 0. The molecule has 0 radical (unpaired) electrons. The molecule has 0 N–H and O–H groups in total. The lowest BCUT2D eigenvalue weighted by atomic mass is 9.69. The smallest absolute Gasteiger partial charge is 0.0436 e. The fourth-order valence-electron chi connectivity index (χ4n) is 4.22. The van der Waals surface area contributed by atoms with E-state index >= 15 is 0 Å². The summed E-state index contributed by atoms with van der Waals surface area (Å²) in [6.07, 6.45) is 15.2. The van der Waals surface area contributed by atoms with Gasteiger partial charge in [0.2, 0.25) is 0 Å². The van der Waals surface area contributed by atoms with Gasteiger partial charge in [-0.05, 0) is 61.7 Å². The van der Waals surface area contributed by atoms with Gasteiger partial charge in [0.15, 0.2) is 0 Å². The predicted octanol–water partition coefficient (Wildman–Crippen LogP) is 6.58. The first-order valence-corrected chi connectivity index (χ1v) is 9.30. The van der Waals surface area contributed by atoms with Crippen LogP contribution in [0.3, 0.4) is 0 Å². The highest BCUT2D eigenvalue weighted by molar-refractivity contribution is 6.19. The van der Waals surface area contributed by atoms with Crippen LogP contribution in [0.1, 0.15) is 78.6 Å². The Kier molecular flexibility index (Phi) is 6.02. The number of hydrogen-bond donors (Lipinski definition) is 0. The van der Waals surface area contributed by atoms with Crippen molar-refractivity contribution >= 4 is 11.6 Å². The fourth-order valence-corrected chi connectivity index (χ4v) is 4.53. The van der Waals surface area contributed by atoms with Crippen molar-refractivity contribution in [3.63, 3.8) is 0 Å². The van der Waals surface area contributed by atoms with Crippen molar-refractivity contribution in [3.05, 3.63) is 11.6 Å². The third-order valence-corrected chi connectivity index (χ3v) is 6.04. The Hall–Kier alpha value is 0.0300. The van der Waals surface area contributed by atoms with Crippen molar-refractivity contribution in [1.29, 1.82) is 0 Å². The molecule has 0 unspecified atom stereocenters. The molecule has 0 aromatic rings. The van der Waals surface area contributed by atoms with Crippen LogP contribution < -0.4 is 0 Å². The highest BCUT2D eigenvalue weighted by Gasteiger charge is 2.29. The van der Waals surface area contributed by atoms with Crippen molar-refractivity contribution in [2.75, 3.05) is 5.88 Å². The molecular weight excluding hydrogens is 264 g/mol. The maximum atomic E-state index is 6.25. The topological polar surface area (TPSA) is 0 Å². The zero-order valence-corrected chi connectivity index (χ0v) is 14.5. The minimum Gasteiger partial charge on any atom is -0.122 e. The van der Waals surface area contributed by atoms with Gasteiger partial charge in [-0.25, -0.2) is 0 Å². The third-order valence-electron chi connectivity index (χ3n) is 5.73. The van der Waals surface area contributed by atoms with E-state index in [1.807, 2.05) is 0 Å². The van der Waals surface area contributed by atoms with Gasteiger partial charge in [0.25, 0.3) is 0 Å². The van der Waals surface area contributed by atoms with E-state index in [0.29, 0.717) is 5.41 Å². The summed E-state index contributed by atoms with van der Waals surface area (Å²) in [4.78, 5) is 0. The molecule has 0 nitrogen and oxygen atoms in total. The van der Waals surface area contributed by atoms with Gasteiger partial charge in [-0.15, -0.1) is 11.6 Å². The molecule has 0 aromatic carbocycles. The standard InChI is InChI=1S/C19H33Cl/c1-19(2,3)18-11-9-15(10-12-18)13-17(14-20)16-7-5-4-6-8-16/h13,15-16,18H,4-12,14H2,1-3H3/b17-13-. The Morgan fingerprint density at radius 2 is 1.55 bits per heavy atom. The van der Waals surface area contributed by atoms with Gasteiger partial charge in [0.1, 0.15) is 0 Å². The Bertz CT molecular complexity index is 309. The molecule has 0 heterocycles. The van der Waals surface area contributed by atoms with Gasteiger partial charge in [-0.1, -0.05) is 51.7 Å². The number of allylic oxidation sites excluding steroid dienone is 2. The molecule has 1 heteroatoms. The van der Waals surface area contributed by atoms with Crippen LogP contribution in [0.25, 0.3) is 0 Å². The summed E-state index contributed by atoms with van der Waals surface area (Å²) in [5.74, 6) is 3.30. The predicted molar refractivity (Wildman–Crippen MR) is 90.3 cm³/mol. The molecule has 0 amide bonds. The Labute approximate surface area is 131 Å². The van der Waals surface area contributed by atoms with Crippen LogP contribution in [0, 0.1) is 23.2 Å². The van der Waals surface area contributed by atoms with E-state index in [1.54, 1.807) is 5.57 Å². The van der Waals surface area contributed by atoms with Crippen LogP contribution in [-0.2, 0) is 0 Å². The van der Waals surface area contributed by atoms with Crippen LogP contribution in [0.2, 0.25) is 0 Å². The van der Waals surface area contributed by atoms with Gasteiger partial charge in [-0.2, -0.15) is 0 Å². The lowest BCUT2D eigenvalue weighted by molar-refractivity contribution is 0.162. The summed E-state index contributed by atoms with van der Waals surface area (Å²) in [5, 5.41) is 0.